The molecule has 1 N–H and O–H groups in total. The number of aromatic nitrogens is 2. The molecule has 1 amide bonds. The van der Waals surface area contributed by atoms with Gasteiger partial charge in [-0.05, 0) is 31.6 Å². The number of hydrogen-bond donors (Lipinski definition) is 1. The Labute approximate surface area is 144 Å². The van der Waals surface area contributed by atoms with Crippen molar-refractivity contribution >= 4 is 5.91 Å². The zero-order chi connectivity index (χ0) is 18.4. The highest BCUT2D eigenvalue weighted by Crippen LogP contribution is 2.53. The minimum atomic E-state index is -4.42. The number of likely N-dealkylation sites (tertiary alicyclic amines) is 1. The third kappa shape index (κ3) is 3.41. The monoisotopic (exact) mass is 359 g/mol. The van der Waals surface area contributed by atoms with E-state index in [1.54, 1.807) is 4.90 Å². The molecule has 1 aliphatic carbocycles. The molecule has 0 unspecified atom stereocenters. The van der Waals surface area contributed by atoms with Crippen LogP contribution in [0.3, 0.4) is 0 Å². The molecule has 8 heteroatoms. The van der Waals surface area contributed by atoms with Crippen molar-refractivity contribution in [2.75, 3.05) is 19.7 Å². The Balaban J connectivity index is 1.53. The van der Waals surface area contributed by atoms with E-state index in [4.69, 9.17) is 0 Å². The third-order valence-electron chi connectivity index (χ3n) is 5.55. The maximum atomic E-state index is 13.0. The van der Waals surface area contributed by atoms with Gasteiger partial charge in [0.15, 0.2) is 5.69 Å². The lowest BCUT2D eigenvalue weighted by molar-refractivity contribution is -0.161. The summed E-state index contributed by atoms with van der Waals surface area (Å²) in [6.45, 7) is 3.07. The lowest BCUT2D eigenvalue weighted by atomic mass is 9.56. The number of aliphatic hydroxyl groups excluding tert-OH is 1. The van der Waals surface area contributed by atoms with E-state index in [9.17, 15) is 23.1 Å². The number of hydrogen-bond acceptors (Lipinski definition) is 3. The highest BCUT2D eigenvalue weighted by molar-refractivity contribution is 5.80. The molecule has 2 fully saturated rings. The van der Waals surface area contributed by atoms with Crippen molar-refractivity contribution in [3.8, 4) is 0 Å². The predicted octanol–water partition coefficient (Wildman–Crippen LogP) is 2.24. The van der Waals surface area contributed by atoms with Crippen LogP contribution < -0.4 is 0 Å². The number of rotatable bonds is 5. The molecule has 2 aliphatic rings. The molecule has 0 radical (unpaired) electrons. The first kappa shape index (κ1) is 18.2. The molecular formula is C17H24F3N3O2. The molecule has 5 nitrogen and oxygen atoms in total. The van der Waals surface area contributed by atoms with Crippen molar-refractivity contribution < 1.29 is 23.1 Å². The smallest absolute Gasteiger partial charge is 0.396 e. The summed E-state index contributed by atoms with van der Waals surface area (Å²) >= 11 is 0. The fourth-order valence-electron chi connectivity index (χ4n) is 4.36. The van der Waals surface area contributed by atoms with Crippen molar-refractivity contribution in [3.63, 3.8) is 0 Å². The van der Waals surface area contributed by atoms with Crippen LogP contribution in [0.25, 0.3) is 0 Å². The third-order valence-corrected chi connectivity index (χ3v) is 5.55. The van der Waals surface area contributed by atoms with Gasteiger partial charge >= 0.3 is 6.18 Å². The van der Waals surface area contributed by atoms with E-state index < -0.39 is 11.9 Å². The molecule has 3 rings (SSSR count). The number of nitrogens with zero attached hydrogens (tertiary/aromatic N) is 3. The van der Waals surface area contributed by atoms with Crippen molar-refractivity contribution in [1.29, 1.82) is 0 Å². The van der Waals surface area contributed by atoms with Gasteiger partial charge < -0.3 is 10.0 Å². The van der Waals surface area contributed by atoms with Crippen molar-refractivity contribution in [1.82, 2.24) is 14.7 Å². The summed E-state index contributed by atoms with van der Waals surface area (Å²) in [7, 11) is 1.50. The maximum Gasteiger partial charge on any atom is 0.435 e. The summed E-state index contributed by atoms with van der Waals surface area (Å²) in [5.74, 6) is -0.133. The van der Waals surface area contributed by atoms with Gasteiger partial charge in [-0.25, -0.2) is 0 Å². The highest BCUT2D eigenvalue weighted by atomic mass is 19.4. The molecule has 140 valence electrons. The highest BCUT2D eigenvalue weighted by Gasteiger charge is 2.54. The molecular weight excluding hydrogens is 335 g/mol. The van der Waals surface area contributed by atoms with Gasteiger partial charge in [-0.2, -0.15) is 18.3 Å². The first-order valence-electron chi connectivity index (χ1n) is 8.67. The molecule has 1 atom stereocenters. The number of aryl methyl sites for hydroxylation is 1. The second kappa shape index (κ2) is 6.30. The average Bonchev–Trinajstić information content (AvgIpc) is 2.82. The first-order chi connectivity index (χ1) is 11.7. The van der Waals surface area contributed by atoms with E-state index >= 15 is 0 Å². The van der Waals surface area contributed by atoms with Crippen LogP contribution in [0.4, 0.5) is 13.2 Å². The van der Waals surface area contributed by atoms with Crippen LogP contribution in [0, 0.1) is 17.3 Å². The maximum absolute atomic E-state index is 13.0. The van der Waals surface area contributed by atoms with Gasteiger partial charge in [-0.1, -0.05) is 6.92 Å². The number of alkyl halides is 3. The minimum absolute atomic E-state index is 0.00862. The molecule has 0 aromatic carbocycles. The Morgan fingerprint density at radius 3 is 2.60 bits per heavy atom. The molecule has 1 saturated heterocycles. The summed E-state index contributed by atoms with van der Waals surface area (Å²) in [6.07, 6.45) is -0.276. The molecule has 1 aromatic heterocycles. The van der Waals surface area contributed by atoms with E-state index in [1.165, 1.54) is 17.9 Å². The second-order valence-electron chi connectivity index (χ2n) is 7.63. The second-order valence-corrected chi connectivity index (χ2v) is 7.63. The molecule has 0 bridgehead atoms. The summed E-state index contributed by atoms with van der Waals surface area (Å²) in [6, 6.07) is 0. The molecule has 1 spiro atoms. The van der Waals surface area contributed by atoms with Crippen LogP contribution in [0.1, 0.15) is 37.4 Å². The number of carbonyl (C=O) groups is 1. The van der Waals surface area contributed by atoms with Crippen LogP contribution >= 0.6 is 0 Å². The van der Waals surface area contributed by atoms with Gasteiger partial charge in [-0.15, -0.1) is 0 Å². The molecule has 1 saturated carbocycles. The Morgan fingerprint density at radius 1 is 1.44 bits per heavy atom. The van der Waals surface area contributed by atoms with Gasteiger partial charge in [0, 0.05) is 37.3 Å². The van der Waals surface area contributed by atoms with E-state index in [0.29, 0.717) is 25.9 Å². The van der Waals surface area contributed by atoms with Gasteiger partial charge in [0.05, 0.1) is 12.5 Å². The number of amides is 1. The Kier molecular flexibility index (Phi) is 4.59. The van der Waals surface area contributed by atoms with Crippen molar-refractivity contribution in [2.24, 2.45) is 24.3 Å². The topological polar surface area (TPSA) is 58.4 Å². The van der Waals surface area contributed by atoms with E-state index in [-0.39, 0.29) is 35.3 Å². The first-order valence-corrected chi connectivity index (χ1v) is 8.67. The van der Waals surface area contributed by atoms with Gasteiger partial charge in [0.1, 0.15) is 0 Å². The minimum Gasteiger partial charge on any atom is -0.396 e. The van der Waals surface area contributed by atoms with E-state index in [2.05, 4.69) is 5.10 Å². The molecule has 1 aliphatic heterocycles. The summed E-state index contributed by atoms with van der Waals surface area (Å²) in [5, 5.41) is 12.8. The molecule has 2 heterocycles. The summed E-state index contributed by atoms with van der Waals surface area (Å²) in [4.78, 5) is 13.9. The standard InChI is InChI=1S/C17H24F3N3O2/c1-3-12(8-24)15(25)23-9-16(10-23)5-11(6-16)4-13-7-22(2)21-14(13)17(18,19)20/h7,11-12,24H,3-6,8-10H2,1-2H3/t12-/m1/s1. The summed E-state index contributed by atoms with van der Waals surface area (Å²) in [5.41, 5.74) is -0.446. The van der Waals surface area contributed by atoms with Crippen LogP contribution in [0.15, 0.2) is 6.20 Å². The number of halogens is 3. The van der Waals surface area contributed by atoms with Crippen LogP contribution in [-0.4, -0.2) is 45.4 Å². The molecule has 25 heavy (non-hydrogen) atoms. The lowest BCUT2D eigenvalue weighted by Gasteiger charge is -2.59. The fraction of sp³-hybridized carbons (Fsp3) is 0.765. The quantitative estimate of drug-likeness (QED) is 0.877. The Bertz CT molecular complexity index is 638. The van der Waals surface area contributed by atoms with E-state index in [0.717, 1.165) is 12.8 Å². The average molecular weight is 359 g/mol. The Morgan fingerprint density at radius 2 is 2.08 bits per heavy atom. The van der Waals surface area contributed by atoms with Crippen molar-refractivity contribution in [2.45, 2.75) is 38.8 Å². The normalized spacial score (nSPS) is 21.1. The van der Waals surface area contributed by atoms with Crippen LogP contribution in [-0.2, 0) is 24.4 Å². The Hall–Kier alpha value is -1.57. The zero-order valence-electron chi connectivity index (χ0n) is 14.5. The predicted molar refractivity (Wildman–Crippen MR) is 84.5 cm³/mol. The SMILES string of the molecule is CC[C@H](CO)C(=O)N1CC2(CC(Cc3cn(C)nc3C(F)(F)F)C2)C1. The largest absolute Gasteiger partial charge is 0.435 e. The molecule has 1 aromatic rings. The van der Waals surface area contributed by atoms with Crippen LogP contribution in [0.2, 0.25) is 0 Å². The van der Waals surface area contributed by atoms with E-state index in [1.807, 2.05) is 6.92 Å². The van der Waals surface area contributed by atoms with Gasteiger partial charge in [0.2, 0.25) is 5.91 Å². The van der Waals surface area contributed by atoms with Crippen LogP contribution in [0.5, 0.6) is 0 Å². The summed E-state index contributed by atoms with van der Waals surface area (Å²) < 4.78 is 40.2. The fourth-order valence-corrected chi connectivity index (χ4v) is 4.36. The van der Waals surface area contributed by atoms with Gasteiger partial charge in [-0.3, -0.25) is 9.48 Å². The number of aliphatic hydroxyl groups is 1. The van der Waals surface area contributed by atoms with Gasteiger partial charge in [0.25, 0.3) is 0 Å². The number of carbonyl (C=O) groups excluding carboxylic acids is 1. The van der Waals surface area contributed by atoms with Crippen molar-refractivity contribution in [3.05, 3.63) is 17.5 Å². The lowest BCUT2D eigenvalue weighted by Crippen LogP contribution is -2.65. The zero-order valence-corrected chi connectivity index (χ0v) is 14.5.